The van der Waals surface area contributed by atoms with Crippen molar-refractivity contribution in [2.45, 2.75) is 57.3 Å². The molecular formula is C28H34N2O. The average Bonchev–Trinajstić information content (AvgIpc) is 3.32. The molecule has 1 aromatic carbocycles. The van der Waals surface area contributed by atoms with Crippen LogP contribution >= 0.6 is 0 Å². The minimum Gasteiger partial charge on any atom is -0.464 e. The highest BCUT2D eigenvalue weighted by molar-refractivity contribution is 5.91. The molecule has 1 atom stereocenters. The lowest BCUT2D eigenvalue weighted by atomic mass is 9.80. The van der Waals surface area contributed by atoms with Crippen LogP contribution in [0.2, 0.25) is 0 Å². The summed E-state index contributed by atoms with van der Waals surface area (Å²) >= 11 is 0. The van der Waals surface area contributed by atoms with Gasteiger partial charge >= 0.3 is 0 Å². The number of nitrogens with zero attached hydrogens (tertiary/aromatic N) is 2. The van der Waals surface area contributed by atoms with Crippen molar-refractivity contribution >= 4 is 16.5 Å². The Hall–Kier alpha value is -2.39. The van der Waals surface area contributed by atoms with Gasteiger partial charge in [0.1, 0.15) is 5.58 Å². The van der Waals surface area contributed by atoms with Gasteiger partial charge in [-0.15, -0.1) is 0 Å². The molecule has 5 rings (SSSR count). The van der Waals surface area contributed by atoms with Gasteiger partial charge in [-0.3, -0.25) is 9.88 Å². The Balaban J connectivity index is 1.22. The van der Waals surface area contributed by atoms with Crippen molar-refractivity contribution in [3.63, 3.8) is 0 Å². The lowest BCUT2D eigenvalue weighted by molar-refractivity contribution is 0.263. The van der Waals surface area contributed by atoms with Gasteiger partial charge in [-0.05, 0) is 67.1 Å². The van der Waals surface area contributed by atoms with E-state index in [1.807, 2.05) is 12.3 Å². The highest BCUT2D eigenvalue weighted by Crippen LogP contribution is 2.35. The highest BCUT2D eigenvalue weighted by atomic mass is 16.3. The van der Waals surface area contributed by atoms with Gasteiger partial charge in [0.2, 0.25) is 0 Å². The van der Waals surface area contributed by atoms with E-state index in [0.29, 0.717) is 5.92 Å². The van der Waals surface area contributed by atoms with E-state index in [1.165, 1.54) is 67.2 Å². The number of pyridine rings is 1. The monoisotopic (exact) mass is 414 g/mol. The quantitative estimate of drug-likeness (QED) is 0.414. The van der Waals surface area contributed by atoms with Crippen LogP contribution in [-0.2, 0) is 0 Å². The Labute approximate surface area is 186 Å². The number of fused-ring (bicyclic) bond motifs is 1. The van der Waals surface area contributed by atoms with Crippen LogP contribution in [-0.4, -0.2) is 29.5 Å². The van der Waals surface area contributed by atoms with Crippen molar-refractivity contribution in [1.82, 2.24) is 9.88 Å². The third-order valence-electron chi connectivity index (χ3n) is 7.38. The maximum Gasteiger partial charge on any atom is 0.134 e. The molecule has 3 heteroatoms. The van der Waals surface area contributed by atoms with Gasteiger partial charge in [0.15, 0.2) is 0 Å². The summed E-state index contributed by atoms with van der Waals surface area (Å²) in [4.78, 5) is 7.37. The largest absolute Gasteiger partial charge is 0.464 e. The Morgan fingerprint density at radius 3 is 2.77 bits per heavy atom. The topological polar surface area (TPSA) is 29.3 Å². The molecule has 0 amide bonds. The lowest BCUT2D eigenvalue weighted by Crippen LogP contribution is -2.30. The molecule has 2 aromatic heterocycles. The SMILES string of the molecule is C1=C(c2cccc3occc23)CCN(CCC(CC2CCCCC2)c2ccccn2)C1. The molecule has 2 aliphatic rings. The normalized spacial score (nSPS) is 19.4. The van der Waals surface area contributed by atoms with Crippen LogP contribution in [0.5, 0.6) is 0 Å². The van der Waals surface area contributed by atoms with Crippen LogP contribution in [0, 0.1) is 5.92 Å². The third kappa shape index (κ3) is 4.93. The minimum absolute atomic E-state index is 0.592. The second-order valence-electron chi connectivity index (χ2n) is 9.40. The third-order valence-corrected chi connectivity index (χ3v) is 7.38. The summed E-state index contributed by atoms with van der Waals surface area (Å²) in [5, 5.41) is 1.24. The van der Waals surface area contributed by atoms with E-state index in [9.17, 15) is 0 Å². The van der Waals surface area contributed by atoms with Gasteiger partial charge in [0.25, 0.3) is 0 Å². The van der Waals surface area contributed by atoms with Crippen molar-refractivity contribution in [2.75, 3.05) is 19.6 Å². The fourth-order valence-electron chi connectivity index (χ4n) is 5.60. The summed E-state index contributed by atoms with van der Waals surface area (Å²) < 4.78 is 5.60. The number of hydrogen-bond donors (Lipinski definition) is 0. The molecule has 162 valence electrons. The first-order valence-electron chi connectivity index (χ1n) is 12.2. The standard InChI is InChI=1S/C28H34N2O/c1-2-7-22(8-3-1)21-24(27-10-4-5-16-29-27)14-19-30-17-12-23(13-18-30)25-9-6-11-28-26(25)15-20-31-28/h4-6,9-12,15-16,20,22,24H,1-3,7-8,13-14,17-19,21H2. The van der Waals surface area contributed by atoms with Crippen molar-refractivity contribution in [3.05, 3.63) is 72.3 Å². The summed E-state index contributed by atoms with van der Waals surface area (Å²) in [5.74, 6) is 1.48. The van der Waals surface area contributed by atoms with Crippen LogP contribution in [0.3, 0.4) is 0 Å². The summed E-state index contributed by atoms with van der Waals surface area (Å²) in [7, 11) is 0. The maximum absolute atomic E-state index is 5.60. The first kappa shape index (κ1) is 20.5. The van der Waals surface area contributed by atoms with Crippen LogP contribution in [0.1, 0.15) is 68.5 Å². The molecule has 3 heterocycles. The summed E-state index contributed by atoms with van der Waals surface area (Å²) in [6.07, 6.45) is 16.9. The van der Waals surface area contributed by atoms with E-state index >= 15 is 0 Å². The fourth-order valence-corrected chi connectivity index (χ4v) is 5.60. The molecule has 0 spiro atoms. The van der Waals surface area contributed by atoms with Crippen LogP contribution in [0.15, 0.2) is 65.4 Å². The first-order chi connectivity index (χ1) is 15.4. The van der Waals surface area contributed by atoms with Gasteiger partial charge in [-0.25, -0.2) is 0 Å². The fraction of sp³-hybridized carbons (Fsp3) is 0.464. The van der Waals surface area contributed by atoms with E-state index in [4.69, 9.17) is 9.40 Å². The van der Waals surface area contributed by atoms with E-state index < -0.39 is 0 Å². The van der Waals surface area contributed by atoms with E-state index in [1.54, 1.807) is 6.26 Å². The lowest BCUT2D eigenvalue weighted by Gasteiger charge is -2.30. The second-order valence-corrected chi connectivity index (χ2v) is 9.40. The minimum atomic E-state index is 0.592. The van der Waals surface area contributed by atoms with E-state index in [2.05, 4.69) is 47.4 Å². The molecule has 0 N–H and O–H groups in total. The molecule has 0 saturated heterocycles. The molecule has 3 nitrogen and oxygen atoms in total. The molecule has 1 fully saturated rings. The molecule has 1 aliphatic carbocycles. The smallest absolute Gasteiger partial charge is 0.134 e. The number of furan rings is 1. The van der Waals surface area contributed by atoms with Crippen LogP contribution in [0.25, 0.3) is 16.5 Å². The molecule has 31 heavy (non-hydrogen) atoms. The van der Waals surface area contributed by atoms with Crippen LogP contribution < -0.4 is 0 Å². The second kappa shape index (κ2) is 9.82. The number of rotatable bonds is 7. The number of hydrogen-bond acceptors (Lipinski definition) is 3. The molecule has 1 unspecified atom stereocenters. The molecular weight excluding hydrogens is 380 g/mol. The predicted octanol–water partition coefficient (Wildman–Crippen LogP) is 7.06. The number of aromatic nitrogens is 1. The van der Waals surface area contributed by atoms with Gasteiger partial charge in [0, 0.05) is 36.3 Å². The predicted molar refractivity (Wildman–Crippen MR) is 128 cm³/mol. The summed E-state index contributed by atoms with van der Waals surface area (Å²) in [6, 6.07) is 14.9. The van der Waals surface area contributed by atoms with Crippen molar-refractivity contribution in [1.29, 1.82) is 0 Å². The van der Waals surface area contributed by atoms with E-state index in [-0.39, 0.29) is 0 Å². The van der Waals surface area contributed by atoms with Crippen molar-refractivity contribution < 1.29 is 4.42 Å². The Kier molecular flexibility index (Phi) is 6.50. The van der Waals surface area contributed by atoms with E-state index in [0.717, 1.165) is 37.6 Å². The highest BCUT2D eigenvalue weighted by Gasteiger charge is 2.23. The molecule has 0 bridgehead atoms. The molecule has 1 saturated carbocycles. The van der Waals surface area contributed by atoms with Gasteiger partial charge in [0.05, 0.1) is 6.26 Å². The molecule has 0 radical (unpaired) electrons. The Morgan fingerprint density at radius 1 is 1.03 bits per heavy atom. The van der Waals surface area contributed by atoms with Gasteiger partial charge < -0.3 is 4.42 Å². The average molecular weight is 415 g/mol. The van der Waals surface area contributed by atoms with Crippen LogP contribution in [0.4, 0.5) is 0 Å². The zero-order chi connectivity index (χ0) is 20.9. The zero-order valence-electron chi connectivity index (χ0n) is 18.5. The molecule has 3 aromatic rings. The molecule has 1 aliphatic heterocycles. The summed E-state index contributed by atoms with van der Waals surface area (Å²) in [5.41, 5.74) is 5.09. The zero-order valence-corrected chi connectivity index (χ0v) is 18.5. The van der Waals surface area contributed by atoms with Crippen molar-refractivity contribution in [3.8, 4) is 0 Å². The Bertz CT molecular complexity index is 1000. The number of benzene rings is 1. The van der Waals surface area contributed by atoms with Gasteiger partial charge in [-0.1, -0.05) is 56.4 Å². The van der Waals surface area contributed by atoms with Crippen molar-refractivity contribution in [2.24, 2.45) is 5.92 Å². The maximum atomic E-state index is 5.60. The van der Waals surface area contributed by atoms with Gasteiger partial charge in [-0.2, -0.15) is 0 Å². The summed E-state index contributed by atoms with van der Waals surface area (Å²) in [6.45, 7) is 3.34. The Morgan fingerprint density at radius 2 is 1.97 bits per heavy atom. The first-order valence-corrected chi connectivity index (χ1v) is 12.2.